The zero-order valence-corrected chi connectivity index (χ0v) is 12.4. The van der Waals surface area contributed by atoms with Gasteiger partial charge in [0.25, 0.3) is 0 Å². The number of hydrogen-bond donors (Lipinski definition) is 1. The van der Waals surface area contributed by atoms with Crippen molar-refractivity contribution in [2.45, 2.75) is 19.3 Å². The number of ether oxygens (including phenoxy) is 2. The average molecular weight is 285 g/mol. The predicted molar refractivity (Wildman–Crippen MR) is 82.5 cm³/mol. The highest BCUT2D eigenvalue weighted by Gasteiger charge is 2.23. The molecule has 0 atom stereocenters. The summed E-state index contributed by atoms with van der Waals surface area (Å²) in [6.45, 7) is 4.27. The van der Waals surface area contributed by atoms with Crippen LogP contribution < -0.4 is 10.5 Å². The van der Waals surface area contributed by atoms with Gasteiger partial charge < -0.3 is 15.2 Å². The third-order valence-electron chi connectivity index (χ3n) is 3.58. The van der Waals surface area contributed by atoms with Crippen molar-refractivity contribution in [3.63, 3.8) is 0 Å². The molecular weight excluding hydrogens is 266 g/mol. The lowest BCUT2D eigenvalue weighted by Crippen LogP contribution is -2.18. The first-order valence-corrected chi connectivity index (χ1v) is 6.66. The zero-order chi connectivity index (χ0) is 15.5. The van der Waals surface area contributed by atoms with Crippen LogP contribution in [0.25, 0.3) is 0 Å². The monoisotopic (exact) mass is 285 g/mol. The minimum absolute atomic E-state index is 0.169. The number of nitrogens with two attached hydrogens (primary N) is 1. The number of benzene rings is 2. The van der Waals surface area contributed by atoms with Gasteiger partial charge in [-0.3, -0.25) is 0 Å². The number of carbonyl (C=O) groups is 1. The van der Waals surface area contributed by atoms with Gasteiger partial charge in [0.1, 0.15) is 5.75 Å². The van der Waals surface area contributed by atoms with E-state index in [0.29, 0.717) is 5.75 Å². The van der Waals surface area contributed by atoms with Crippen molar-refractivity contribution in [3.05, 3.63) is 59.7 Å². The number of anilines is 1. The van der Waals surface area contributed by atoms with Crippen molar-refractivity contribution in [1.29, 1.82) is 0 Å². The van der Waals surface area contributed by atoms with Gasteiger partial charge in [-0.2, -0.15) is 0 Å². The van der Waals surface area contributed by atoms with Gasteiger partial charge in [-0.05, 0) is 35.4 Å². The van der Waals surface area contributed by atoms with Crippen LogP contribution in [0.15, 0.2) is 48.5 Å². The van der Waals surface area contributed by atoms with E-state index in [1.807, 2.05) is 36.4 Å². The molecule has 0 aliphatic heterocycles. The van der Waals surface area contributed by atoms with Gasteiger partial charge in [-0.25, -0.2) is 4.79 Å². The van der Waals surface area contributed by atoms with Gasteiger partial charge in [-0.1, -0.05) is 38.1 Å². The van der Waals surface area contributed by atoms with E-state index in [4.69, 9.17) is 10.5 Å². The third-order valence-corrected chi connectivity index (χ3v) is 3.58. The van der Waals surface area contributed by atoms with Crippen LogP contribution in [0.1, 0.15) is 25.0 Å². The second-order valence-corrected chi connectivity index (χ2v) is 5.33. The summed E-state index contributed by atoms with van der Waals surface area (Å²) >= 11 is 0. The molecule has 0 aliphatic carbocycles. The van der Waals surface area contributed by atoms with Crippen LogP contribution in [0.2, 0.25) is 0 Å². The Balaban J connectivity index is 2.24. The summed E-state index contributed by atoms with van der Waals surface area (Å²) < 4.78 is 9.43. The largest absolute Gasteiger partial charge is 0.513 e. The van der Waals surface area contributed by atoms with Gasteiger partial charge in [0.2, 0.25) is 0 Å². The van der Waals surface area contributed by atoms with Crippen LogP contribution >= 0.6 is 0 Å². The molecule has 0 aliphatic rings. The molecule has 0 saturated heterocycles. The maximum absolute atomic E-state index is 11.1. The Morgan fingerprint density at radius 1 is 0.952 bits per heavy atom. The molecule has 0 radical (unpaired) electrons. The standard InChI is InChI=1S/C17H19NO3/c1-17(2,12-4-8-14(18)9-5-12)13-6-10-15(11-7-13)21-16(19)20-3/h4-11H,18H2,1-3H3. The molecule has 4 heteroatoms. The van der Waals surface area contributed by atoms with Crippen LogP contribution in [0, 0.1) is 0 Å². The molecule has 0 amide bonds. The van der Waals surface area contributed by atoms with E-state index in [1.165, 1.54) is 12.7 Å². The summed E-state index contributed by atoms with van der Waals surface area (Å²) in [7, 11) is 1.28. The predicted octanol–water partition coefficient (Wildman–Crippen LogP) is 3.74. The highest BCUT2D eigenvalue weighted by molar-refractivity contribution is 5.63. The molecule has 4 nitrogen and oxygen atoms in total. The lowest BCUT2D eigenvalue weighted by molar-refractivity contribution is 0.121. The van der Waals surface area contributed by atoms with Crippen LogP contribution in [-0.4, -0.2) is 13.3 Å². The molecule has 21 heavy (non-hydrogen) atoms. The Hall–Kier alpha value is -2.49. The lowest BCUT2D eigenvalue weighted by Gasteiger charge is -2.26. The summed E-state index contributed by atoms with van der Waals surface area (Å²) in [5.74, 6) is 0.457. The molecule has 2 aromatic carbocycles. The molecule has 0 heterocycles. The Labute approximate surface area is 124 Å². The maximum Gasteiger partial charge on any atom is 0.513 e. The Morgan fingerprint density at radius 2 is 1.43 bits per heavy atom. The van der Waals surface area contributed by atoms with Crippen molar-refractivity contribution >= 4 is 11.8 Å². The van der Waals surface area contributed by atoms with E-state index in [2.05, 4.69) is 18.6 Å². The molecule has 0 aromatic heterocycles. The molecule has 0 unspecified atom stereocenters. The van der Waals surface area contributed by atoms with Crippen LogP contribution in [0.5, 0.6) is 5.75 Å². The van der Waals surface area contributed by atoms with E-state index >= 15 is 0 Å². The van der Waals surface area contributed by atoms with Gasteiger partial charge in [0, 0.05) is 11.1 Å². The molecule has 0 spiro atoms. The average Bonchev–Trinajstić information content (AvgIpc) is 2.48. The topological polar surface area (TPSA) is 61.5 Å². The van der Waals surface area contributed by atoms with Crippen LogP contribution in [0.3, 0.4) is 0 Å². The minimum Gasteiger partial charge on any atom is -0.437 e. The molecule has 2 rings (SSSR count). The van der Waals surface area contributed by atoms with Crippen molar-refractivity contribution in [1.82, 2.24) is 0 Å². The summed E-state index contributed by atoms with van der Waals surface area (Å²) in [6.07, 6.45) is -0.722. The SMILES string of the molecule is COC(=O)Oc1ccc(C(C)(C)c2ccc(N)cc2)cc1. The molecule has 110 valence electrons. The first kappa shape index (κ1) is 14.9. The smallest absolute Gasteiger partial charge is 0.437 e. The molecule has 0 bridgehead atoms. The van der Waals surface area contributed by atoms with Crippen molar-refractivity contribution in [2.75, 3.05) is 12.8 Å². The van der Waals surface area contributed by atoms with E-state index in [0.717, 1.165) is 11.3 Å². The van der Waals surface area contributed by atoms with Crippen LogP contribution in [-0.2, 0) is 10.2 Å². The second-order valence-electron chi connectivity index (χ2n) is 5.33. The van der Waals surface area contributed by atoms with Gasteiger partial charge in [-0.15, -0.1) is 0 Å². The van der Waals surface area contributed by atoms with E-state index < -0.39 is 6.16 Å². The number of hydrogen-bond acceptors (Lipinski definition) is 4. The maximum atomic E-state index is 11.1. The van der Waals surface area contributed by atoms with Gasteiger partial charge >= 0.3 is 6.16 Å². The highest BCUT2D eigenvalue weighted by Crippen LogP contribution is 2.32. The Morgan fingerprint density at radius 3 is 1.90 bits per heavy atom. The van der Waals surface area contributed by atoms with Crippen molar-refractivity contribution in [2.24, 2.45) is 0 Å². The summed E-state index contributed by atoms with van der Waals surface area (Å²) in [4.78, 5) is 11.1. The normalized spacial score (nSPS) is 11.0. The van der Waals surface area contributed by atoms with Gasteiger partial charge in [0.05, 0.1) is 7.11 Å². The van der Waals surface area contributed by atoms with E-state index in [1.54, 1.807) is 12.1 Å². The Kier molecular flexibility index (Phi) is 4.17. The molecule has 0 saturated carbocycles. The van der Waals surface area contributed by atoms with E-state index in [9.17, 15) is 4.79 Å². The fraction of sp³-hybridized carbons (Fsp3) is 0.235. The second kappa shape index (κ2) is 5.87. The Bertz CT molecular complexity index is 615. The summed E-state index contributed by atoms with van der Waals surface area (Å²) in [6, 6.07) is 15.2. The third kappa shape index (κ3) is 3.34. The minimum atomic E-state index is -0.722. The van der Waals surface area contributed by atoms with Gasteiger partial charge in [0.15, 0.2) is 0 Å². The summed E-state index contributed by atoms with van der Waals surface area (Å²) in [5, 5.41) is 0. The first-order chi connectivity index (χ1) is 9.93. The zero-order valence-electron chi connectivity index (χ0n) is 12.4. The van der Waals surface area contributed by atoms with Crippen molar-refractivity contribution in [3.8, 4) is 5.75 Å². The number of methoxy groups -OCH3 is 1. The molecule has 0 fully saturated rings. The molecule has 2 N–H and O–H groups in total. The number of nitrogen functional groups attached to an aromatic ring is 1. The highest BCUT2D eigenvalue weighted by atomic mass is 16.7. The van der Waals surface area contributed by atoms with Crippen LogP contribution in [0.4, 0.5) is 10.5 Å². The van der Waals surface area contributed by atoms with Crippen molar-refractivity contribution < 1.29 is 14.3 Å². The fourth-order valence-electron chi connectivity index (χ4n) is 2.14. The molecular formula is C17H19NO3. The summed E-state index contributed by atoms with van der Waals surface area (Å²) in [5.41, 5.74) is 8.59. The van der Waals surface area contributed by atoms with E-state index in [-0.39, 0.29) is 5.41 Å². The number of carbonyl (C=O) groups excluding carboxylic acids is 1. The first-order valence-electron chi connectivity index (χ1n) is 6.66. The lowest BCUT2D eigenvalue weighted by atomic mass is 9.78. The molecule has 2 aromatic rings. The fourth-order valence-corrected chi connectivity index (χ4v) is 2.14. The quantitative estimate of drug-likeness (QED) is 0.530. The number of rotatable bonds is 3.